The van der Waals surface area contributed by atoms with Crippen molar-refractivity contribution in [3.05, 3.63) is 51.6 Å². The number of aryl methyl sites for hydroxylation is 1. The van der Waals surface area contributed by atoms with Crippen LogP contribution in [0, 0.1) is 0 Å². The number of fused-ring (bicyclic) bond motifs is 1. The van der Waals surface area contributed by atoms with E-state index in [0.717, 1.165) is 16.2 Å². The summed E-state index contributed by atoms with van der Waals surface area (Å²) in [7, 11) is 1.65. The van der Waals surface area contributed by atoms with E-state index in [9.17, 15) is 29.1 Å². The van der Waals surface area contributed by atoms with Crippen LogP contribution in [0.15, 0.2) is 51.2 Å². The van der Waals surface area contributed by atoms with Gasteiger partial charge in [0, 0.05) is 34.6 Å². The van der Waals surface area contributed by atoms with Crippen LogP contribution in [0.2, 0.25) is 5.02 Å². The van der Waals surface area contributed by atoms with Crippen LogP contribution >= 0.6 is 46.5 Å². The Morgan fingerprint density at radius 3 is 2.87 bits per heavy atom. The summed E-state index contributed by atoms with van der Waals surface area (Å²) in [5, 5.41) is 34.2. The number of nitrogens with one attached hydrogen (secondary N) is 3. The van der Waals surface area contributed by atoms with Crippen molar-refractivity contribution in [2.75, 3.05) is 28.7 Å². The number of carbonyl (C=O) groups excluding carboxylic acids is 4. The molecule has 17 nitrogen and oxygen atoms in total. The molecule has 2 aliphatic rings. The molecule has 4 heterocycles. The second kappa shape index (κ2) is 14.1. The number of oxime groups is 1. The summed E-state index contributed by atoms with van der Waals surface area (Å²) in [5.74, 6) is -2.87. The first-order chi connectivity index (χ1) is 21.7. The molecular weight excluding hydrogens is 672 g/mol. The Labute approximate surface area is 270 Å². The lowest BCUT2D eigenvalue weighted by molar-refractivity contribution is -0.150. The summed E-state index contributed by atoms with van der Waals surface area (Å²) < 4.78 is 1.44. The van der Waals surface area contributed by atoms with Crippen molar-refractivity contribution in [1.29, 1.82) is 0 Å². The van der Waals surface area contributed by atoms with Crippen molar-refractivity contribution in [3.63, 3.8) is 0 Å². The van der Waals surface area contributed by atoms with Crippen LogP contribution in [0.3, 0.4) is 0 Å². The number of tetrazole rings is 1. The van der Waals surface area contributed by atoms with Crippen LogP contribution in [0.4, 0.5) is 10.8 Å². The molecule has 234 valence electrons. The zero-order valence-corrected chi connectivity index (χ0v) is 26.1. The second-order valence-corrected chi connectivity index (χ2v) is 12.4. The number of rotatable bonds is 13. The van der Waals surface area contributed by atoms with Crippen LogP contribution in [0.25, 0.3) is 0 Å². The van der Waals surface area contributed by atoms with Crippen molar-refractivity contribution >= 4 is 93.1 Å². The van der Waals surface area contributed by atoms with Gasteiger partial charge in [0.1, 0.15) is 22.8 Å². The number of carbonyl (C=O) groups is 5. The van der Waals surface area contributed by atoms with E-state index in [-0.39, 0.29) is 33.7 Å². The van der Waals surface area contributed by atoms with Gasteiger partial charge in [0.2, 0.25) is 11.6 Å². The smallest absolute Gasteiger partial charge is 0.352 e. The Morgan fingerprint density at radius 2 is 2.16 bits per heavy atom. The van der Waals surface area contributed by atoms with E-state index >= 15 is 0 Å². The Hall–Kier alpha value is -4.53. The number of β-lactam (4-membered cyclic amide) rings is 1. The fraction of sp³-hybridized carbons (Fsp3) is 0.250. The number of aliphatic carboxylic acids is 1. The number of carboxylic acid groups (broad SMARTS) is 1. The van der Waals surface area contributed by atoms with E-state index < -0.39 is 41.7 Å². The number of aromatic nitrogens is 5. The maximum Gasteiger partial charge on any atom is 0.352 e. The highest BCUT2D eigenvalue weighted by Crippen LogP contribution is 2.41. The number of thioether (sulfide) groups is 2. The number of hydrogen-bond donors (Lipinski definition) is 4. The lowest BCUT2D eigenvalue weighted by atomic mass is 10.0. The van der Waals surface area contributed by atoms with Gasteiger partial charge in [0.05, 0.1) is 0 Å². The Balaban J connectivity index is 1.28. The summed E-state index contributed by atoms with van der Waals surface area (Å²) in [6, 6.07) is 5.35. The van der Waals surface area contributed by atoms with Gasteiger partial charge < -0.3 is 25.9 Å². The standard InChI is InChI=1S/C24H21ClN10O7S3/c1-34-24(30-32-33-34)45-8-11-7-43-21-17(20(39)35(21)18(11)22(40)41)29-19(38)16(14-9-44-23(28-14)26-10-36)31-42-6-15(37)27-13-4-2-3-12(25)5-13/h2-5,9-10,17,21H,6-8H2,1H3,(H,27,37)(H,29,38)(H,40,41)(H,26,28,36)/t17?,21-/m0/s1. The molecule has 5 rings (SSSR count). The first-order valence-corrected chi connectivity index (χ1v) is 15.9. The number of carboxylic acids is 1. The van der Waals surface area contributed by atoms with Crippen LogP contribution < -0.4 is 16.0 Å². The topological polar surface area (TPSA) is 223 Å². The molecule has 1 unspecified atom stereocenters. The van der Waals surface area contributed by atoms with Gasteiger partial charge in [-0.15, -0.1) is 28.2 Å². The first-order valence-electron chi connectivity index (χ1n) is 12.6. The SMILES string of the molecule is Cn1nnnc1SCC1=C(C(=O)O)N2C(=O)C(NC(=O)C(=NOCC(=O)Nc3cccc(Cl)c3)c3csc(NC=O)n3)[C@@H]2SC1. The fourth-order valence-electron chi connectivity index (χ4n) is 4.12. The molecule has 45 heavy (non-hydrogen) atoms. The van der Waals surface area contributed by atoms with Gasteiger partial charge in [-0.2, -0.15) is 0 Å². The second-order valence-electron chi connectivity index (χ2n) is 9.06. The zero-order valence-electron chi connectivity index (χ0n) is 22.9. The van der Waals surface area contributed by atoms with Gasteiger partial charge in [-0.3, -0.25) is 24.1 Å². The maximum atomic E-state index is 13.4. The molecule has 4 amide bonds. The van der Waals surface area contributed by atoms with Gasteiger partial charge >= 0.3 is 5.97 Å². The van der Waals surface area contributed by atoms with Crippen LogP contribution in [-0.2, 0) is 35.9 Å². The van der Waals surface area contributed by atoms with Gasteiger partial charge in [0.25, 0.3) is 17.7 Å². The number of anilines is 2. The highest BCUT2D eigenvalue weighted by atomic mass is 35.5. The average molecular weight is 693 g/mol. The normalized spacial score (nSPS) is 17.7. The molecule has 0 aliphatic carbocycles. The van der Waals surface area contributed by atoms with Gasteiger partial charge in [-0.05, 0) is 34.2 Å². The van der Waals surface area contributed by atoms with Crippen molar-refractivity contribution in [3.8, 4) is 0 Å². The molecule has 0 bridgehead atoms. The number of hydrogen-bond acceptors (Lipinski definition) is 14. The van der Waals surface area contributed by atoms with Crippen LogP contribution in [0.5, 0.6) is 0 Å². The third-order valence-electron chi connectivity index (χ3n) is 6.10. The van der Waals surface area contributed by atoms with Crippen molar-refractivity contribution in [1.82, 2.24) is 35.4 Å². The molecule has 4 N–H and O–H groups in total. The van der Waals surface area contributed by atoms with Crippen LogP contribution in [0.1, 0.15) is 5.69 Å². The molecular formula is C24H21ClN10O7S3. The Bertz CT molecular complexity index is 1730. The van der Waals surface area contributed by atoms with Crippen molar-refractivity contribution in [2.24, 2.45) is 12.2 Å². The fourth-order valence-corrected chi connectivity index (χ4v) is 7.30. The van der Waals surface area contributed by atoms with Gasteiger partial charge in [-0.1, -0.05) is 34.6 Å². The minimum absolute atomic E-state index is 0.000668. The first kappa shape index (κ1) is 31.9. The highest BCUT2D eigenvalue weighted by molar-refractivity contribution is 8.01. The third-order valence-corrected chi connectivity index (χ3v) is 9.54. The van der Waals surface area contributed by atoms with E-state index in [0.29, 0.717) is 27.8 Å². The summed E-state index contributed by atoms with van der Waals surface area (Å²) >= 11 is 9.44. The lowest BCUT2D eigenvalue weighted by Crippen LogP contribution is -2.71. The summed E-state index contributed by atoms with van der Waals surface area (Å²) in [5.41, 5.74) is 0.377. The molecule has 1 aromatic carbocycles. The monoisotopic (exact) mass is 692 g/mol. The molecule has 21 heteroatoms. The molecule has 0 saturated carbocycles. The molecule has 3 aromatic rings. The molecule has 2 aliphatic heterocycles. The van der Waals surface area contributed by atoms with Crippen molar-refractivity contribution in [2.45, 2.75) is 16.6 Å². The van der Waals surface area contributed by atoms with E-state index in [1.807, 2.05) is 0 Å². The molecule has 0 radical (unpaired) electrons. The van der Waals surface area contributed by atoms with Gasteiger partial charge in [-0.25, -0.2) is 14.5 Å². The van der Waals surface area contributed by atoms with E-state index in [1.54, 1.807) is 25.2 Å². The number of benzene rings is 1. The average Bonchev–Trinajstić information content (AvgIpc) is 3.64. The van der Waals surface area contributed by atoms with E-state index in [2.05, 4.69) is 41.6 Å². The molecule has 0 spiro atoms. The summed E-state index contributed by atoms with van der Waals surface area (Å²) in [6.07, 6.45) is 0.405. The molecule has 2 aromatic heterocycles. The van der Waals surface area contributed by atoms with Crippen LogP contribution in [-0.4, -0.2) is 101 Å². The van der Waals surface area contributed by atoms with Gasteiger partial charge in [0.15, 0.2) is 17.5 Å². The highest BCUT2D eigenvalue weighted by Gasteiger charge is 2.54. The third kappa shape index (κ3) is 7.24. The van der Waals surface area contributed by atoms with E-state index in [1.165, 1.54) is 39.7 Å². The Kier molecular flexibility index (Phi) is 9.96. The largest absolute Gasteiger partial charge is 0.477 e. The lowest BCUT2D eigenvalue weighted by Gasteiger charge is -2.49. The zero-order chi connectivity index (χ0) is 32.1. The predicted octanol–water partition coefficient (Wildman–Crippen LogP) is 0.779. The molecule has 1 saturated heterocycles. The summed E-state index contributed by atoms with van der Waals surface area (Å²) in [4.78, 5) is 72.4. The summed E-state index contributed by atoms with van der Waals surface area (Å²) in [6.45, 7) is -0.584. The van der Waals surface area contributed by atoms with Crippen molar-refractivity contribution < 1.29 is 33.9 Å². The number of halogens is 1. The molecule has 1 fully saturated rings. The Morgan fingerprint density at radius 1 is 1.33 bits per heavy atom. The number of thiazole rings is 1. The number of amides is 4. The number of nitrogens with zero attached hydrogens (tertiary/aromatic N) is 7. The van der Waals surface area contributed by atoms with E-state index in [4.69, 9.17) is 16.4 Å². The maximum absolute atomic E-state index is 13.4. The molecule has 2 atom stereocenters. The minimum atomic E-state index is -1.28. The quantitative estimate of drug-likeness (QED) is 0.0640. The predicted molar refractivity (Wildman–Crippen MR) is 164 cm³/mol. The minimum Gasteiger partial charge on any atom is -0.477 e.